The third-order valence-corrected chi connectivity index (χ3v) is 11.7. The summed E-state index contributed by atoms with van der Waals surface area (Å²) in [4.78, 5) is 99.1. The zero-order valence-electron chi connectivity index (χ0n) is 36.5. The van der Waals surface area contributed by atoms with Crippen LogP contribution in [0.15, 0.2) is 88.5 Å². The molecule has 1 saturated heterocycles. The van der Waals surface area contributed by atoms with Gasteiger partial charge >= 0.3 is 17.7 Å². The van der Waals surface area contributed by atoms with E-state index >= 15 is 0 Å². The second-order valence-corrected chi connectivity index (χ2v) is 16.7. The monoisotopic (exact) mass is 919 g/mol. The lowest BCUT2D eigenvalue weighted by molar-refractivity contribution is -0.139. The number of carbonyl (C=O) groups is 5. The van der Waals surface area contributed by atoms with E-state index < -0.39 is 83.5 Å². The molecule has 350 valence electrons. The minimum atomic E-state index is -1.48. The molecule has 1 aliphatic heterocycles. The second kappa shape index (κ2) is 23.4. The maximum absolute atomic E-state index is 14.3. The minimum Gasteiger partial charge on any atom is -0.508 e. The number of H-pyrrole nitrogens is 2. The Labute approximate surface area is 378 Å². The minimum absolute atomic E-state index is 0.0273. The number of carboxylic acids is 1. The van der Waals surface area contributed by atoms with Crippen molar-refractivity contribution in [3.8, 4) is 5.75 Å². The van der Waals surface area contributed by atoms with Crippen LogP contribution in [-0.4, -0.2) is 126 Å². The van der Waals surface area contributed by atoms with Crippen LogP contribution in [0, 0.1) is 0 Å². The van der Waals surface area contributed by atoms with E-state index in [0.29, 0.717) is 23.4 Å². The van der Waals surface area contributed by atoms with Crippen molar-refractivity contribution in [2.45, 2.75) is 94.9 Å². The molecule has 0 bridgehead atoms. The van der Waals surface area contributed by atoms with E-state index in [4.69, 9.17) is 4.74 Å². The molecule has 5 unspecified atom stereocenters. The lowest BCUT2D eigenvalue weighted by Gasteiger charge is -2.35. The molecule has 20 nitrogen and oxygen atoms in total. The molecule has 21 heteroatoms. The highest BCUT2D eigenvalue weighted by molar-refractivity contribution is 7.98. The number of para-hydroxylation sites is 1. The van der Waals surface area contributed by atoms with Crippen LogP contribution in [0.3, 0.4) is 0 Å². The van der Waals surface area contributed by atoms with Gasteiger partial charge in [0.1, 0.15) is 35.7 Å². The van der Waals surface area contributed by atoms with Gasteiger partial charge in [-0.3, -0.25) is 28.7 Å². The number of phenols is 1. The Morgan fingerprint density at radius 3 is 2.46 bits per heavy atom. The van der Waals surface area contributed by atoms with Crippen molar-refractivity contribution in [1.82, 2.24) is 46.0 Å². The lowest BCUT2D eigenvalue weighted by atomic mass is 10.0. The van der Waals surface area contributed by atoms with Gasteiger partial charge in [0, 0.05) is 55.5 Å². The summed E-state index contributed by atoms with van der Waals surface area (Å²) < 4.78 is 6.76. The molecule has 4 aromatic rings. The number of likely N-dealkylation sites (N-methyl/N-ethyl adjacent to an activating group) is 1. The molecule has 1 aliphatic rings. The number of thioether (sulfide) groups is 1. The first kappa shape index (κ1) is 49.4. The van der Waals surface area contributed by atoms with Crippen LogP contribution in [0.2, 0.25) is 0 Å². The van der Waals surface area contributed by atoms with Crippen molar-refractivity contribution < 1.29 is 44.0 Å². The number of aliphatic hydroxyl groups is 1. The van der Waals surface area contributed by atoms with E-state index in [2.05, 4.69) is 36.6 Å². The standard InChI is InChI=1S/C44H57N9O11S/c1-5-6-16-45-33(20-26-10-9-11-28(54)19-26)40(59)52(3)25(2)37(39(58)47-24-29-22-35(55)41(64-29)53-17-14-36(56)50-44(53)63)51-38(57)32(15-18-65-4)48-43(62)49-34(42(60)61)21-27-23-46-31-13-8-7-12-30(27)31/h7-14,17,19,23-25,32-35,37,41,45-46,54-55H,5-6,15-16,18,20-22H2,1-4H3,(H,47,58)(H,51,57)(H,60,61)(H2,48,49,62)(H,50,56,63)/b29-24+/t25?,32?,33?,34?,35-,37?,41-/m0/s1. The van der Waals surface area contributed by atoms with Gasteiger partial charge in [0.15, 0.2) is 0 Å². The molecule has 1 fully saturated rings. The van der Waals surface area contributed by atoms with Crippen molar-refractivity contribution >= 4 is 52.4 Å². The fraction of sp³-hybridized carbons (Fsp3) is 0.432. The first-order valence-corrected chi connectivity index (χ1v) is 22.6. The Morgan fingerprint density at radius 2 is 1.75 bits per heavy atom. The van der Waals surface area contributed by atoms with E-state index in [1.807, 2.05) is 31.2 Å². The molecule has 10 N–H and O–H groups in total. The van der Waals surface area contributed by atoms with Gasteiger partial charge in [-0.2, -0.15) is 11.8 Å². The van der Waals surface area contributed by atoms with E-state index in [0.717, 1.165) is 46.8 Å². The average Bonchev–Trinajstić information content (AvgIpc) is 3.86. The maximum atomic E-state index is 14.3. The van der Waals surface area contributed by atoms with Gasteiger partial charge in [-0.05, 0) is 74.1 Å². The van der Waals surface area contributed by atoms with Crippen molar-refractivity contribution in [1.29, 1.82) is 0 Å². The number of amides is 5. The summed E-state index contributed by atoms with van der Waals surface area (Å²) in [5.41, 5.74) is 0.656. The van der Waals surface area contributed by atoms with E-state index in [-0.39, 0.29) is 37.2 Å². The number of unbranched alkanes of at least 4 members (excludes halogenated alkanes) is 1. The number of hydrogen-bond donors (Lipinski definition) is 10. The van der Waals surface area contributed by atoms with E-state index in [1.54, 1.807) is 37.6 Å². The number of aliphatic hydroxyl groups excluding tert-OH is 1. The molecule has 7 atom stereocenters. The number of ether oxygens (including phenoxy) is 1. The fourth-order valence-corrected chi connectivity index (χ4v) is 7.80. The number of fused-ring (bicyclic) bond motifs is 1. The van der Waals surface area contributed by atoms with Crippen LogP contribution in [0.4, 0.5) is 4.79 Å². The first-order valence-electron chi connectivity index (χ1n) is 21.2. The summed E-state index contributed by atoms with van der Waals surface area (Å²) in [6, 6.07) is 7.98. The molecule has 3 heterocycles. The van der Waals surface area contributed by atoms with Crippen LogP contribution in [-0.2, 0) is 36.8 Å². The number of aromatic hydroxyl groups is 1. The highest BCUT2D eigenvalue weighted by Gasteiger charge is 2.37. The Morgan fingerprint density at radius 1 is 1.00 bits per heavy atom. The molecule has 5 amide bonds. The SMILES string of the molecule is CCCCNC(Cc1cccc(O)c1)C(=O)N(C)C(C)C(NC(=O)C(CCSC)NC(=O)NC(Cc1c[nH]c2ccccc12)C(=O)O)C(=O)N/C=C1\C[C@H](O)[C@@H](n2ccc(=O)[nH]c2=O)O1. The number of aliphatic carboxylic acids is 1. The van der Waals surface area contributed by atoms with Gasteiger partial charge in [-0.1, -0.05) is 43.7 Å². The number of urea groups is 1. The summed E-state index contributed by atoms with van der Waals surface area (Å²) in [7, 11) is 1.48. The molecule has 5 rings (SSSR count). The van der Waals surface area contributed by atoms with Gasteiger partial charge in [0.2, 0.25) is 23.9 Å². The molecule has 0 saturated carbocycles. The predicted molar refractivity (Wildman–Crippen MR) is 243 cm³/mol. The highest BCUT2D eigenvalue weighted by atomic mass is 32.2. The molecule has 0 spiro atoms. The topological polar surface area (TPSA) is 289 Å². The predicted octanol–water partition coefficient (Wildman–Crippen LogP) is 1.41. The van der Waals surface area contributed by atoms with Crippen LogP contribution < -0.4 is 37.8 Å². The van der Waals surface area contributed by atoms with Crippen LogP contribution >= 0.6 is 11.8 Å². The molecule has 0 aliphatic carbocycles. The Balaban J connectivity index is 1.38. The van der Waals surface area contributed by atoms with Crippen molar-refractivity contribution in [2.75, 3.05) is 25.6 Å². The zero-order chi connectivity index (χ0) is 47.2. The number of nitrogens with zero attached hydrogens (tertiary/aromatic N) is 2. The number of benzene rings is 2. The summed E-state index contributed by atoms with van der Waals surface area (Å²) in [5, 5.41) is 45.3. The largest absolute Gasteiger partial charge is 0.508 e. The normalized spacial score (nSPS) is 17.6. The van der Waals surface area contributed by atoms with Gasteiger partial charge in [-0.15, -0.1) is 0 Å². The van der Waals surface area contributed by atoms with Crippen molar-refractivity contribution in [2.24, 2.45) is 0 Å². The molecule has 65 heavy (non-hydrogen) atoms. The van der Waals surface area contributed by atoms with Gasteiger partial charge < -0.3 is 56.5 Å². The summed E-state index contributed by atoms with van der Waals surface area (Å²) in [6.45, 7) is 4.06. The third-order valence-electron chi connectivity index (χ3n) is 11.0. The van der Waals surface area contributed by atoms with Gasteiger partial charge in [0.25, 0.3) is 5.56 Å². The lowest BCUT2D eigenvalue weighted by Crippen LogP contribution is -2.62. The second-order valence-electron chi connectivity index (χ2n) is 15.7. The quantitative estimate of drug-likeness (QED) is 0.0500. The summed E-state index contributed by atoms with van der Waals surface area (Å²) >= 11 is 1.39. The van der Waals surface area contributed by atoms with Crippen molar-refractivity contribution in [3.05, 3.63) is 111 Å². The number of hydrogen-bond acceptors (Lipinski definition) is 12. The van der Waals surface area contributed by atoms with E-state index in [1.165, 1.54) is 29.8 Å². The summed E-state index contributed by atoms with van der Waals surface area (Å²) in [5.74, 6) is -2.89. The molecule has 2 aromatic carbocycles. The van der Waals surface area contributed by atoms with Crippen LogP contribution in [0.1, 0.15) is 56.9 Å². The number of rotatable bonds is 22. The number of phenolic OH excluding ortho intramolecular Hbond substituents is 1. The highest BCUT2D eigenvalue weighted by Crippen LogP contribution is 2.30. The third kappa shape index (κ3) is 13.5. The molecular formula is C44H57N9O11S. The molecular weight excluding hydrogens is 863 g/mol. The van der Waals surface area contributed by atoms with E-state index in [9.17, 15) is 48.9 Å². The van der Waals surface area contributed by atoms with Crippen LogP contribution in [0.5, 0.6) is 5.75 Å². The number of aromatic amines is 2. The number of nitrogens with one attached hydrogen (secondary N) is 7. The van der Waals surface area contributed by atoms with Crippen molar-refractivity contribution in [3.63, 3.8) is 0 Å². The average molecular weight is 920 g/mol. The Kier molecular flexibility index (Phi) is 17.8. The Hall–Kier alpha value is -6.58. The zero-order valence-corrected chi connectivity index (χ0v) is 37.4. The fourth-order valence-electron chi connectivity index (χ4n) is 7.32. The van der Waals surface area contributed by atoms with Gasteiger partial charge in [-0.25, -0.2) is 14.4 Å². The first-order chi connectivity index (χ1) is 31.1. The van der Waals surface area contributed by atoms with Crippen LogP contribution in [0.25, 0.3) is 10.9 Å². The number of aromatic nitrogens is 3. The molecule has 0 radical (unpaired) electrons. The van der Waals surface area contributed by atoms with Gasteiger partial charge in [0.05, 0.1) is 12.1 Å². The smallest absolute Gasteiger partial charge is 0.331 e. The number of carbonyl (C=O) groups excluding carboxylic acids is 4. The summed E-state index contributed by atoms with van der Waals surface area (Å²) in [6.07, 6.45) is 4.98. The number of carboxylic acid groups (broad SMARTS) is 1. The molecule has 2 aromatic heterocycles. The Bertz CT molecular complexity index is 2450. The maximum Gasteiger partial charge on any atom is 0.331 e.